The van der Waals surface area contributed by atoms with E-state index in [9.17, 15) is 9.59 Å². The van der Waals surface area contributed by atoms with Gasteiger partial charge in [-0.15, -0.1) is 10.2 Å². The first kappa shape index (κ1) is 19.0. The summed E-state index contributed by atoms with van der Waals surface area (Å²) < 4.78 is 7.00. The normalized spacial score (nSPS) is 11.3. The van der Waals surface area contributed by atoms with Crippen molar-refractivity contribution in [1.29, 1.82) is 0 Å². The molecule has 4 aromatic rings. The maximum atomic E-state index is 12.1. The topological polar surface area (TPSA) is 119 Å². The van der Waals surface area contributed by atoms with E-state index < -0.39 is 11.1 Å². The van der Waals surface area contributed by atoms with E-state index in [0.29, 0.717) is 45.4 Å². The molecule has 2 N–H and O–H groups in total. The predicted molar refractivity (Wildman–Crippen MR) is 108 cm³/mol. The highest BCUT2D eigenvalue weighted by Gasteiger charge is 2.22. The van der Waals surface area contributed by atoms with Crippen LogP contribution in [0.2, 0.25) is 5.02 Å². The summed E-state index contributed by atoms with van der Waals surface area (Å²) in [6.45, 7) is 2.11. The van der Waals surface area contributed by atoms with E-state index in [0.717, 1.165) is 5.56 Å². The number of aryl methyl sites for hydroxylation is 1. The number of ether oxygens (including phenoxy) is 1. The van der Waals surface area contributed by atoms with E-state index in [1.165, 1.54) is 0 Å². The van der Waals surface area contributed by atoms with Crippen molar-refractivity contribution in [3.63, 3.8) is 0 Å². The molecule has 0 fully saturated rings. The van der Waals surface area contributed by atoms with Crippen LogP contribution in [0, 0.1) is 0 Å². The SMILES string of the molecule is CCc1cc2[nH]c(=O)c(=O)[nH]c2c(-n2c(COC)nnc2-c2cccnc2)c1Cl. The first-order chi connectivity index (χ1) is 14.0. The van der Waals surface area contributed by atoms with Crippen LogP contribution in [-0.4, -0.2) is 36.8 Å². The number of H-pyrrole nitrogens is 2. The van der Waals surface area contributed by atoms with Gasteiger partial charge in [-0.1, -0.05) is 18.5 Å². The number of fused-ring (bicyclic) bond motifs is 1. The Morgan fingerprint density at radius 2 is 2.00 bits per heavy atom. The summed E-state index contributed by atoms with van der Waals surface area (Å²) in [6.07, 6.45) is 3.93. The second-order valence-corrected chi connectivity index (χ2v) is 6.71. The summed E-state index contributed by atoms with van der Waals surface area (Å²) in [6, 6.07) is 5.38. The third-order valence-electron chi connectivity index (χ3n) is 4.54. The Kier molecular flexibility index (Phi) is 4.99. The van der Waals surface area contributed by atoms with Crippen molar-refractivity contribution in [2.24, 2.45) is 0 Å². The van der Waals surface area contributed by atoms with Crippen molar-refractivity contribution in [2.75, 3.05) is 7.11 Å². The number of rotatable bonds is 5. The van der Waals surface area contributed by atoms with E-state index in [2.05, 4.69) is 25.1 Å². The Balaban J connectivity index is 2.16. The maximum Gasteiger partial charge on any atom is 0.314 e. The van der Waals surface area contributed by atoms with Crippen LogP contribution in [0.25, 0.3) is 28.1 Å². The fourth-order valence-electron chi connectivity index (χ4n) is 3.20. The largest absolute Gasteiger partial charge is 0.377 e. The quantitative estimate of drug-likeness (QED) is 0.485. The molecule has 0 radical (unpaired) electrons. The number of nitrogens with one attached hydrogen (secondary N) is 2. The van der Waals surface area contributed by atoms with E-state index in [1.54, 1.807) is 36.2 Å². The molecule has 0 unspecified atom stereocenters. The Hall–Kier alpha value is -3.30. The second-order valence-electron chi connectivity index (χ2n) is 6.33. The summed E-state index contributed by atoms with van der Waals surface area (Å²) in [5, 5.41) is 8.96. The zero-order valence-corrected chi connectivity index (χ0v) is 16.4. The number of halogens is 1. The monoisotopic (exact) mass is 412 g/mol. The van der Waals surface area contributed by atoms with E-state index in [1.807, 2.05) is 13.0 Å². The predicted octanol–water partition coefficient (Wildman–Crippen LogP) is 2.22. The van der Waals surface area contributed by atoms with Gasteiger partial charge in [0.25, 0.3) is 0 Å². The molecule has 0 spiro atoms. The summed E-state index contributed by atoms with van der Waals surface area (Å²) in [5.41, 5.74) is 1.29. The molecule has 3 aromatic heterocycles. The molecule has 29 heavy (non-hydrogen) atoms. The lowest BCUT2D eigenvalue weighted by atomic mass is 10.1. The smallest absolute Gasteiger partial charge is 0.314 e. The van der Waals surface area contributed by atoms with Crippen molar-refractivity contribution in [2.45, 2.75) is 20.0 Å². The lowest BCUT2D eigenvalue weighted by Crippen LogP contribution is -2.29. The molecule has 1 aromatic carbocycles. The number of pyridine rings is 1. The lowest BCUT2D eigenvalue weighted by Gasteiger charge is -2.16. The number of hydrogen-bond donors (Lipinski definition) is 2. The molecule has 0 amide bonds. The summed E-state index contributed by atoms with van der Waals surface area (Å²) in [5.74, 6) is 0.962. The van der Waals surface area contributed by atoms with Crippen molar-refractivity contribution in [3.05, 3.63) is 67.7 Å². The van der Waals surface area contributed by atoms with Crippen LogP contribution >= 0.6 is 11.6 Å². The molecule has 9 nitrogen and oxygen atoms in total. The van der Waals surface area contributed by atoms with Crippen LogP contribution in [0.15, 0.2) is 40.2 Å². The number of nitrogens with zero attached hydrogens (tertiary/aromatic N) is 4. The number of hydrogen-bond acceptors (Lipinski definition) is 6. The molecule has 0 saturated heterocycles. The standard InChI is InChI=1S/C19H17ClN6O3/c1-3-10-7-12-15(23-19(28)18(27)22-12)16(14(10)20)26-13(9-29-2)24-25-17(26)11-5-4-6-21-8-11/h4-8H,3,9H2,1-2H3,(H,22,27)(H,23,28). The van der Waals surface area contributed by atoms with E-state index in [4.69, 9.17) is 16.3 Å². The van der Waals surface area contributed by atoms with Gasteiger partial charge in [0.05, 0.1) is 21.7 Å². The van der Waals surface area contributed by atoms with Crippen molar-refractivity contribution in [3.8, 4) is 17.1 Å². The average molecular weight is 413 g/mol. The minimum Gasteiger partial charge on any atom is -0.377 e. The molecule has 0 bridgehead atoms. The third kappa shape index (κ3) is 3.24. The van der Waals surface area contributed by atoms with Crippen molar-refractivity contribution < 1.29 is 4.74 Å². The average Bonchev–Trinajstić information content (AvgIpc) is 3.13. The molecule has 0 saturated carbocycles. The fourth-order valence-corrected chi connectivity index (χ4v) is 3.56. The second kappa shape index (κ2) is 7.61. The van der Waals surface area contributed by atoms with Gasteiger partial charge >= 0.3 is 11.1 Å². The molecule has 0 atom stereocenters. The first-order valence-electron chi connectivity index (χ1n) is 8.86. The minimum atomic E-state index is -0.775. The van der Waals surface area contributed by atoms with Crippen molar-refractivity contribution >= 4 is 22.6 Å². The van der Waals surface area contributed by atoms with Crippen LogP contribution in [0.1, 0.15) is 18.3 Å². The Morgan fingerprint density at radius 3 is 2.69 bits per heavy atom. The zero-order chi connectivity index (χ0) is 20.5. The highest BCUT2D eigenvalue weighted by molar-refractivity contribution is 6.34. The van der Waals surface area contributed by atoms with Gasteiger partial charge in [-0.2, -0.15) is 0 Å². The summed E-state index contributed by atoms with van der Waals surface area (Å²) in [4.78, 5) is 33.3. The number of aromatic nitrogens is 6. The van der Waals surface area contributed by atoms with Crippen LogP contribution in [0.5, 0.6) is 0 Å². The van der Waals surface area contributed by atoms with Gasteiger partial charge in [0.2, 0.25) is 0 Å². The maximum absolute atomic E-state index is 12.1. The number of methoxy groups -OCH3 is 1. The van der Waals surface area contributed by atoms with Gasteiger partial charge in [-0.25, -0.2) is 0 Å². The molecular formula is C19H17ClN6O3. The van der Waals surface area contributed by atoms with Crippen LogP contribution in [0.3, 0.4) is 0 Å². The van der Waals surface area contributed by atoms with Gasteiger partial charge in [-0.3, -0.25) is 19.1 Å². The Morgan fingerprint density at radius 1 is 1.21 bits per heavy atom. The molecule has 148 valence electrons. The number of benzene rings is 1. The molecule has 3 heterocycles. The molecule has 0 aliphatic rings. The molecule has 4 rings (SSSR count). The van der Waals surface area contributed by atoms with E-state index >= 15 is 0 Å². The third-order valence-corrected chi connectivity index (χ3v) is 4.96. The summed E-state index contributed by atoms with van der Waals surface area (Å²) in [7, 11) is 1.55. The van der Waals surface area contributed by atoms with E-state index in [-0.39, 0.29) is 6.61 Å². The molecule has 10 heteroatoms. The molecular weight excluding hydrogens is 396 g/mol. The zero-order valence-electron chi connectivity index (χ0n) is 15.7. The van der Waals surface area contributed by atoms with Gasteiger partial charge < -0.3 is 14.7 Å². The first-order valence-corrected chi connectivity index (χ1v) is 9.24. The minimum absolute atomic E-state index is 0.162. The van der Waals surface area contributed by atoms with Crippen LogP contribution in [-0.2, 0) is 17.8 Å². The Bertz CT molecular complexity index is 1310. The highest BCUT2D eigenvalue weighted by atomic mass is 35.5. The van der Waals surface area contributed by atoms with Crippen LogP contribution < -0.4 is 11.1 Å². The van der Waals surface area contributed by atoms with Gasteiger partial charge in [0, 0.05) is 25.1 Å². The van der Waals surface area contributed by atoms with Gasteiger partial charge in [-0.05, 0) is 30.2 Å². The van der Waals surface area contributed by atoms with Crippen molar-refractivity contribution in [1.82, 2.24) is 29.7 Å². The molecule has 0 aliphatic heterocycles. The Labute approximate surface area is 169 Å². The molecule has 0 aliphatic carbocycles. The van der Waals surface area contributed by atoms with Gasteiger partial charge in [0.15, 0.2) is 11.6 Å². The van der Waals surface area contributed by atoms with Gasteiger partial charge in [0.1, 0.15) is 6.61 Å². The fraction of sp³-hybridized carbons (Fsp3) is 0.211. The summed E-state index contributed by atoms with van der Waals surface area (Å²) >= 11 is 6.76. The van der Waals surface area contributed by atoms with Crippen LogP contribution in [0.4, 0.5) is 0 Å². The highest BCUT2D eigenvalue weighted by Crippen LogP contribution is 2.34. The number of aromatic amines is 2. The lowest BCUT2D eigenvalue weighted by molar-refractivity contribution is 0.176.